The molecule has 3 saturated heterocycles. The van der Waals surface area contributed by atoms with Crippen LogP contribution in [0.5, 0.6) is 11.6 Å². The quantitative estimate of drug-likeness (QED) is 0.00453. The number of ether oxygens (including phenoxy) is 5. The number of hydrogen-bond acceptors (Lipinski definition) is 23. The van der Waals surface area contributed by atoms with E-state index in [4.69, 9.17) is 29.4 Å². The van der Waals surface area contributed by atoms with E-state index in [9.17, 15) is 39.6 Å². The lowest BCUT2D eigenvalue weighted by atomic mass is 9.45. The van der Waals surface area contributed by atoms with Crippen molar-refractivity contribution in [1.29, 1.82) is 0 Å². The number of hydrogen-bond donors (Lipinski definition) is 10. The number of benzene rings is 2. The van der Waals surface area contributed by atoms with Gasteiger partial charge in [-0.25, -0.2) is 19.6 Å². The Hall–Kier alpha value is -8.68. The number of nitrogens with two attached hydrogens (primary N) is 1. The number of nitrogens with zero attached hydrogens (tertiary/aromatic N) is 7. The number of aromatic amines is 1. The van der Waals surface area contributed by atoms with Crippen LogP contribution in [0.25, 0.3) is 22.1 Å². The molecule has 12 rings (SSSR count). The van der Waals surface area contributed by atoms with E-state index in [-0.39, 0.29) is 84.9 Å². The molecule has 6 aliphatic heterocycles. The standard InChI is InChI=1S/C84H117N13O15Si/c1-8-23-56(24-21-33-86-50-57-51-89-71-69(90-57)73(101)94-79(85)93-71)72(100)92-63(74(102)103)28-29-68(99)88-35-42-112-40-17-11-16-39-111-41-34-87-67(98)27-15-20-45-113(43-18-12-19-44-113)53-66-81(10-3)31-22-36-97-38-32-82(75(81)97)60-46-61(65(108-5)47-64(60)95(4)76(82)84(66,107)78(105)110-7)83(77(104)109-6)49-55-48-80(106,9-2)54-96(52-55)37-30-59-58-25-13-14-26-62(58)91-70(59)83/h8,13-14,21-26,31,46-47,51,55,63,66,75-76,86,91,106-107H,1,9-12,15-20,27-30,32-45,48-50,52-54H2,2-7H3,(H,87,98)(H,88,99)(H,92,100)(H,102,103)(H3,85,89,93,94,101)/b24-21-,56-23+/t55?,63-,66+,75-,76+,80-,81-,82+,83-,84+/m0/s1. The molecule has 28 nitrogen and oxygen atoms in total. The first-order valence-corrected chi connectivity index (χ1v) is 43.6. The number of amides is 3. The van der Waals surface area contributed by atoms with Crippen LogP contribution in [0.1, 0.15) is 145 Å². The van der Waals surface area contributed by atoms with Crippen LogP contribution in [0.2, 0.25) is 24.2 Å². The summed E-state index contributed by atoms with van der Waals surface area (Å²) in [6.07, 6.45) is 23.0. The topological polar surface area (TPSA) is 381 Å². The van der Waals surface area contributed by atoms with E-state index in [0.717, 1.165) is 122 Å². The summed E-state index contributed by atoms with van der Waals surface area (Å²) in [6, 6.07) is 14.2. The number of para-hydroxylation sites is 1. The third kappa shape index (κ3) is 17.1. The van der Waals surface area contributed by atoms with Crippen LogP contribution < -0.4 is 36.6 Å². The van der Waals surface area contributed by atoms with Crippen molar-refractivity contribution in [3.05, 3.63) is 119 Å². The van der Waals surface area contributed by atoms with Crippen molar-refractivity contribution < 1.29 is 72.9 Å². The summed E-state index contributed by atoms with van der Waals surface area (Å²) in [5.41, 5.74) is 5.83. The summed E-state index contributed by atoms with van der Waals surface area (Å²) < 4.78 is 30.3. The summed E-state index contributed by atoms with van der Waals surface area (Å²) in [7, 11) is 4.26. The van der Waals surface area contributed by atoms with Gasteiger partial charge in [-0.05, 0) is 112 Å². The van der Waals surface area contributed by atoms with Gasteiger partial charge in [-0.15, -0.1) is 0 Å². The van der Waals surface area contributed by atoms with Gasteiger partial charge >= 0.3 is 17.9 Å². The number of methoxy groups -OCH3 is 3. The first-order valence-electron chi connectivity index (χ1n) is 40.7. The molecule has 1 saturated carbocycles. The van der Waals surface area contributed by atoms with Gasteiger partial charge in [0.2, 0.25) is 23.6 Å². The molecular formula is C84H117N13O15Si. The number of fused-ring (bicyclic) bond motifs is 7. The van der Waals surface area contributed by atoms with Crippen LogP contribution in [0, 0.1) is 17.3 Å². The maximum absolute atomic E-state index is 15.8. The molecule has 11 N–H and O–H groups in total. The van der Waals surface area contributed by atoms with Crippen LogP contribution in [0.3, 0.4) is 0 Å². The number of aliphatic hydroxyl groups is 2. The second-order valence-electron chi connectivity index (χ2n) is 32.5. The van der Waals surface area contributed by atoms with Crippen molar-refractivity contribution in [3.8, 4) is 11.6 Å². The number of nitrogens with one attached hydrogen (secondary N) is 5. The Labute approximate surface area is 662 Å². The third-order valence-electron chi connectivity index (χ3n) is 25.9. The number of carboxylic acids is 1. The smallest absolute Gasteiger partial charge is 0.340 e. The van der Waals surface area contributed by atoms with Crippen molar-refractivity contribution in [2.45, 2.75) is 194 Å². The molecule has 29 heteroatoms. The van der Waals surface area contributed by atoms with Gasteiger partial charge in [-0.3, -0.25) is 29.0 Å². The summed E-state index contributed by atoms with van der Waals surface area (Å²) in [5.74, 6) is -4.00. The number of carbonyl (C=O) groups excluding carboxylic acids is 5. The van der Waals surface area contributed by atoms with E-state index in [1.807, 2.05) is 26.1 Å². The van der Waals surface area contributed by atoms with Gasteiger partial charge in [0, 0.05) is 148 Å². The van der Waals surface area contributed by atoms with Gasteiger partial charge in [-0.2, -0.15) is 9.97 Å². The first kappa shape index (κ1) is 83.7. The van der Waals surface area contributed by atoms with Gasteiger partial charge in [-0.1, -0.05) is 119 Å². The molecule has 1 spiro atoms. The minimum absolute atomic E-state index is 0.0179. The predicted molar refractivity (Wildman–Crippen MR) is 432 cm³/mol. The number of esters is 2. The summed E-state index contributed by atoms with van der Waals surface area (Å²) >= 11 is 0. The van der Waals surface area contributed by atoms with Gasteiger partial charge in [0.1, 0.15) is 17.2 Å². The van der Waals surface area contributed by atoms with Crippen LogP contribution >= 0.6 is 0 Å². The fourth-order valence-corrected chi connectivity index (χ4v) is 26.8. The molecule has 4 fully saturated rings. The number of likely N-dealkylation sites (N-methyl/N-ethyl adjacent to an activating group) is 1. The Bertz CT molecular complexity index is 4380. The number of carboxylic acid groups (broad SMARTS) is 1. The normalized spacial score (nSPS) is 26.6. The zero-order chi connectivity index (χ0) is 80.3. The van der Waals surface area contributed by atoms with E-state index in [1.54, 1.807) is 13.2 Å². The predicted octanol–water partition coefficient (Wildman–Crippen LogP) is 7.74. The summed E-state index contributed by atoms with van der Waals surface area (Å²) in [4.78, 5) is 110. The van der Waals surface area contributed by atoms with Gasteiger partial charge in [0.25, 0.3) is 5.91 Å². The molecule has 5 aromatic rings. The third-order valence-corrected chi connectivity index (χ3v) is 31.4. The van der Waals surface area contributed by atoms with Gasteiger partial charge in [0.05, 0.1) is 66.2 Å². The Balaban J connectivity index is 0.612. The number of anilines is 2. The number of piperidine rings is 1. The maximum Gasteiger partial charge on any atom is 0.340 e. The second-order valence-corrected chi connectivity index (χ2v) is 37.4. The zero-order valence-corrected chi connectivity index (χ0v) is 67.6. The average molecular weight is 1580 g/mol. The number of rotatable bonds is 37. The molecule has 2 aromatic carbocycles. The van der Waals surface area contributed by atoms with Gasteiger partial charge in [0.15, 0.2) is 16.8 Å². The number of H-pyrrole nitrogens is 1. The Morgan fingerprint density at radius 2 is 1.60 bits per heavy atom. The lowest BCUT2D eigenvalue weighted by molar-refractivity contribution is -0.197. The highest BCUT2D eigenvalue weighted by molar-refractivity contribution is 6.80. The molecule has 11 atom stereocenters. The van der Waals surface area contributed by atoms with Crippen LogP contribution in [-0.2, 0) is 71.5 Å². The fourth-order valence-electron chi connectivity index (χ4n) is 20.9. The molecule has 7 aliphatic rings. The number of aliphatic carboxylic acids is 1. The van der Waals surface area contributed by atoms with E-state index < -0.39 is 77.3 Å². The Morgan fingerprint density at radius 3 is 2.31 bits per heavy atom. The van der Waals surface area contributed by atoms with Crippen molar-refractivity contribution in [1.82, 2.24) is 56.0 Å². The number of aromatic nitrogens is 5. The largest absolute Gasteiger partial charge is 0.496 e. The minimum atomic E-state index is -2.30. The highest BCUT2D eigenvalue weighted by Gasteiger charge is 2.79. The highest BCUT2D eigenvalue weighted by Crippen LogP contribution is 2.71. The van der Waals surface area contributed by atoms with E-state index in [2.05, 4.69) is 111 Å². The van der Waals surface area contributed by atoms with Crippen LogP contribution in [0.4, 0.5) is 11.6 Å². The molecule has 3 amide bonds. The lowest BCUT2D eigenvalue weighted by Crippen LogP contribution is -2.79. The van der Waals surface area contributed by atoms with Crippen molar-refractivity contribution in [2.75, 3.05) is 118 Å². The lowest BCUT2D eigenvalue weighted by Gasteiger charge is -2.65. The minimum Gasteiger partial charge on any atom is -0.496 e. The number of unbranched alkanes of at least 4 members (excludes halogenated alkanes) is 3. The molecule has 9 heterocycles. The summed E-state index contributed by atoms with van der Waals surface area (Å²) in [5, 5.41) is 59.3. The maximum atomic E-state index is 15.8. The van der Waals surface area contributed by atoms with E-state index in [1.165, 1.54) is 38.6 Å². The van der Waals surface area contributed by atoms with Crippen LogP contribution in [-0.4, -0.2) is 235 Å². The average Bonchev–Trinajstić information content (AvgIpc) is 1.49. The van der Waals surface area contributed by atoms with Crippen molar-refractivity contribution in [2.24, 2.45) is 17.3 Å². The molecule has 113 heavy (non-hydrogen) atoms. The Kier molecular flexibility index (Phi) is 27.0. The molecule has 2 unspecified atom stereocenters. The van der Waals surface area contributed by atoms with Gasteiger partial charge < -0.3 is 81.0 Å². The highest BCUT2D eigenvalue weighted by atomic mass is 28.3. The van der Waals surface area contributed by atoms with Crippen LogP contribution in [0.15, 0.2) is 91.2 Å². The number of allylic oxidation sites excluding steroid dienone is 2. The molecule has 3 aromatic heterocycles. The number of aromatic hydroxyl groups is 1. The molecule has 612 valence electrons. The molecule has 1 aliphatic carbocycles. The monoisotopic (exact) mass is 1580 g/mol. The number of nitrogen functional groups attached to an aromatic ring is 1. The Morgan fingerprint density at radius 1 is 0.858 bits per heavy atom. The molecular weight excluding hydrogens is 1460 g/mol. The first-order chi connectivity index (χ1) is 54.5. The van der Waals surface area contributed by atoms with E-state index >= 15 is 9.59 Å². The van der Waals surface area contributed by atoms with Crippen molar-refractivity contribution in [3.63, 3.8) is 0 Å². The zero-order valence-electron chi connectivity index (χ0n) is 66.6. The molecule has 2 bridgehead atoms. The summed E-state index contributed by atoms with van der Waals surface area (Å²) in [6.45, 7) is 14.2. The second kappa shape index (κ2) is 36.4. The van der Waals surface area contributed by atoms with E-state index in [0.29, 0.717) is 114 Å². The molecule has 0 radical (unpaired) electrons. The fraction of sp³-hybridized carbons (Fsp3) is 0.595. The number of carbonyl (C=O) groups is 6. The van der Waals surface area contributed by atoms with Crippen molar-refractivity contribution >= 4 is 77.4 Å². The SMILES string of the molecule is C=C/C=C(\C=C/CNCc1cnc2nc(N)nc(O)c2n1)C(=O)N[C@@H](CCC(=O)NCCOCCCCCOCCNC(=O)CCCC[Si]1(C[C@@H]2[C@]3(CC)C=CCN4CC[C@@]5(c6cc([C@@]7(C(=O)OC)CC8CN(CCc9c7[nH]c7ccccc97)C[C@](O)(CC)C8)c(OC)cc6N(C)[C@H]5[C@@]2(O)C(=O)OC)[C@@H]43)CCCCC1)C(=O)O.